The molecule has 120 valence electrons. The zero-order valence-corrected chi connectivity index (χ0v) is 15.7. The van der Waals surface area contributed by atoms with Crippen LogP contribution in [-0.4, -0.2) is 51.7 Å². The number of aromatic hydroxyl groups is 1. The van der Waals surface area contributed by atoms with E-state index in [2.05, 4.69) is 20.8 Å². The summed E-state index contributed by atoms with van der Waals surface area (Å²) in [6.07, 6.45) is 0. The molecule has 1 aromatic rings. The number of carbonyl (C=O) groups is 1. The molecule has 0 spiro atoms. The van der Waals surface area contributed by atoms with Gasteiger partial charge >= 0.3 is 0 Å². The van der Waals surface area contributed by atoms with Crippen molar-refractivity contribution < 1.29 is 14.6 Å². The molecule has 1 heterocycles. The van der Waals surface area contributed by atoms with Crippen LogP contribution in [0, 0.1) is 6.92 Å². The summed E-state index contributed by atoms with van der Waals surface area (Å²) in [7, 11) is 0. The lowest BCUT2D eigenvalue weighted by Crippen LogP contribution is -2.39. The predicted molar refractivity (Wildman–Crippen MR) is 96.9 cm³/mol. The molecular weight excluding hydrogens is 386 g/mol. The first-order valence-corrected chi connectivity index (χ1v) is 9.05. The third-order valence-electron chi connectivity index (χ3n) is 3.46. The number of rotatable bonds is 3. The van der Waals surface area contributed by atoms with Crippen LogP contribution in [0.2, 0.25) is 0 Å². The van der Waals surface area contributed by atoms with Crippen LogP contribution in [0.15, 0.2) is 16.6 Å². The Morgan fingerprint density at radius 2 is 2.09 bits per heavy atom. The first-order valence-electron chi connectivity index (χ1n) is 6.96. The van der Waals surface area contributed by atoms with Crippen molar-refractivity contribution in [1.29, 1.82) is 0 Å². The zero-order chi connectivity index (χ0) is 16.3. The Morgan fingerprint density at radius 3 is 2.73 bits per heavy atom. The minimum absolute atomic E-state index is 0.00967. The van der Waals surface area contributed by atoms with E-state index in [0.717, 1.165) is 23.1 Å². The summed E-state index contributed by atoms with van der Waals surface area (Å²) in [6, 6.07) is 3.26. The van der Waals surface area contributed by atoms with Gasteiger partial charge in [-0.1, -0.05) is 39.9 Å². The molecule has 4 nitrogen and oxygen atoms in total. The Morgan fingerprint density at radius 1 is 1.45 bits per heavy atom. The lowest BCUT2D eigenvalue weighted by Gasteiger charge is -2.29. The molecule has 0 aliphatic carbocycles. The van der Waals surface area contributed by atoms with Gasteiger partial charge in [-0.05, 0) is 31.5 Å². The van der Waals surface area contributed by atoms with Crippen molar-refractivity contribution >= 4 is 50.0 Å². The number of thiocarbonyl (C=S) groups is 1. The van der Waals surface area contributed by atoms with E-state index in [1.165, 1.54) is 11.8 Å². The second-order valence-electron chi connectivity index (χ2n) is 5.11. The summed E-state index contributed by atoms with van der Waals surface area (Å²) in [6.45, 7) is 6.52. The number of nitrogens with zero attached hydrogens (tertiary/aromatic N) is 1. The molecule has 1 aromatic carbocycles. The van der Waals surface area contributed by atoms with Crippen LogP contribution in [0.4, 0.5) is 0 Å². The van der Waals surface area contributed by atoms with Crippen molar-refractivity contribution in [2.45, 2.75) is 19.1 Å². The van der Waals surface area contributed by atoms with Gasteiger partial charge in [0.1, 0.15) is 10.1 Å². The first-order chi connectivity index (χ1) is 10.4. The van der Waals surface area contributed by atoms with E-state index in [9.17, 15) is 9.90 Å². The number of aryl methyl sites for hydroxylation is 1. The summed E-state index contributed by atoms with van der Waals surface area (Å²) in [5.74, 6) is -0.116. The summed E-state index contributed by atoms with van der Waals surface area (Å²) < 4.78 is 6.81. The number of ether oxygens (including phenoxy) is 1. The molecule has 1 aliphatic heterocycles. The minimum Gasteiger partial charge on any atom is -0.507 e. The highest BCUT2D eigenvalue weighted by Gasteiger charge is 2.24. The zero-order valence-electron chi connectivity index (χ0n) is 12.5. The topological polar surface area (TPSA) is 49.8 Å². The lowest BCUT2D eigenvalue weighted by atomic mass is 10.1. The fourth-order valence-corrected chi connectivity index (χ4v) is 3.93. The molecule has 7 heteroatoms. The van der Waals surface area contributed by atoms with Crippen molar-refractivity contribution in [2.75, 3.05) is 26.3 Å². The molecule has 1 N–H and O–H groups in total. The van der Waals surface area contributed by atoms with Crippen LogP contribution < -0.4 is 0 Å². The van der Waals surface area contributed by atoms with Crippen molar-refractivity contribution in [1.82, 2.24) is 4.90 Å². The van der Waals surface area contributed by atoms with Gasteiger partial charge in [0.25, 0.3) is 0 Å². The number of Topliss-reactive ketones (excluding diaryl/α,β-unsaturated/α-hetero) is 1. The first kappa shape index (κ1) is 17.7. The van der Waals surface area contributed by atoms with Gasteiger partial charge in [-0.2, -0.15) is 0 Å². The summed E-state index contributed by atoms with van der Waals surface area (Å²) in [4.78, 5) is 14.6. The van der Waals surface area contributed by atoms with Crippen molar-refractivity contribution in [3.63, 3.8) is 0 Å². The molecular formula is C15H18BrNO3S2. The molecule has 1 aliphatic rings. The van der Waals surface area contributed by atoms with Crippen molar-refractivity contribution in [2.24, 2.45) is 0 Å². The maximum Gasteiger partial charge on any atom is 0.179 e. The maximum absolute atomic E-state index is 12.5. The number of phenols is 1. The van der Waals surface area contributed by atoms with Crippen LogP contribution in [-0.2, 0) is 4.74 Å². The van der Waals surface area contributed by atoms with E-state index in [0.29, 0.717) is 23.1 Å². The van der Waals surface area contributed by atoms with Crippen LogP contribution in [0.5, 0.6) is 5.75 Å². The molecule has 1 saturated heterocycles. The van der Waals surface area contributed by atoms with Gasteiger partial charge in [-0.15, -0.1) is 0 Å². The molecule has 0 amide bonds. The molecule has 0 saturated carbocycles. The fraction of sp³-hybridized carbons (Fsp3) is 0.467. The molecule has 22 heavy (non-hydrogen) atoms. The Hall–Kier alpha value is -0.630. The molecule has 0 aromatic heterocycles. The van der Waals surface area contributed by atoms with Crippen LogP contribution >= 0.6 is 39.9 Å². The van der Waals surface area contributed by atoms with Crippen LogP contribution in [0.25, 0.3) is 0 Å². The third-order valence-corrected chi connectivity index (χ3v) is 5.89. The molecule has 1 atom stereocenters. The number of carbonyl (C=O) groups excluding carboxylic acids is 1. The smallest absolute Gasteiger partial charge is 0.179 e. The van der Waals surface area contributed by atoms with E-state index in [1.54, 1.807) is 12.1 Å². The average molecular weight is 404 g/mol. The van der Waals surface area contributed by atoms with E-state index in [4.69, 9.17) is 17.0 Å². The number of hydrogen-bond donors (Lipinski definition) is 1. The number of ketones is 1. The summed E-state index contributed by atoms with van der Waals surface area (Å²) in [5, 5.41) is 9.66. The molecule has 1 unspecified atom stereocenters. The van der Waals surface area contributed by atoms with Gasteiger partial charge < -0.3 is 14.7 Å². The summed E-state index contributed by atoms with van der Waals surface area (Å²) in [5.41, 5.74) is 1.21. The molecule has 0 bridgehead atoms. The van der Waals surface area contributed by atoms with Gasteiger partial charge in [0.05, 0.1) is 24.0 Å². The van der Waals surface area contributed by atoms with Gasteiger partial charge in [-0.3, -0.25) is 4.79 Å². The fourth-order valence-electron chi connectivity index (χ4n) is 2.11. The van der Waals surface area contributed by atoms with Gasteiger partial charge in [-0.25, -0.2) is 0 Å². The van der Waals surface area contributed by atoms with Crippen molar-refractivity contribution in [3.05, 3.63) is 27.7 Å². The Labute approximate surface area is 148 Å². The normalized spacial score (nSPS) is 16.4. The average Bonchev–Trinajstić information content (AvgIpc) is 2.51. The number of morpholine rings is 1. The molecule has 1 fully saturated rings. The number of thioether (sulfide) groups is 1. The Balaban J connectivity index is 2.05. The van der Waals surface area contributed by atoms with E-state index < -0.39 is 0 Å². The van der Waals surface area contributed by atoms with Gasteiger partial charge in [0, 0.05) is 17.6 Å². The highest BCUT2D eigenvalue weighted by atomic mass is 79.9. The molecule has 2 rings (SSSR count). The summed E-state index contributed by atoms with van der Waals surface area (Å²) >= 11 is 10.2. The Kier molecular flexibility index (Phi) is 6.26. The highest BCUT2D eigenvalue weighted by molar-refractivity contribution is 9.10. The van der Waals surface area contributed by atoms with Crippen LogP contribution in [0.3, 0.4) is 0 Å². The maximum atomic E-state index is 12.5. The monoisotopic (exact) mass is 403 g/mol. The van der Waals surface area contributed by atoms with Crippen LogP contribution in [0.1, 0.15) is 22.8 Å². The highest BCUT2D eigenvalue weighted by Crippen LogP contribution is 2.29. The number of benzene rings is 1. The standard InChI is InChI=1S/C15H18BrNO3S2/c1-9-7-13(18)11(8-12(9)16)14(19)10(2)22-15(21)17-3-5-20-6-4-17/h7-8,10,18H,3-6H2,1-2H3. The third kappa shape index (κ3) is 4.22. The second kappa shape index (κ2) is 7.77. The predicted octanol–water partition coefficient (Wildman–Crippen LogP) is 3.38. The number of phenolic OH excluding ortho intramolecular Hbond substituents is 1. The van der Waals surface area contributed by atoms with E-state index >= 15 is 0 Å². The van der Waals surface area contributed by atoms with Crippen molar-refractivity contribution in [3.8, 4) is 5.75 Å². The second-order valence-corrected chi connectivity index (χ2v) is 7.94. The SMILES string of the molecule is Cc1cc(O)c(C(=O)C(C)SC(=S)N2CCOCC2)cc1Br. The van der Waals surface area contributed by atoms with Gasteiger partial charge in [0.2, 0.25) is 0 Å². The quantitative estimate of drug-likeness (QED) is 0.616. The minimum atomic E-state index is -0.351. The van der Waals surface area contributed by atoms with E-state index in [1.807, 2.05) is 13.8 Å². The van der Waals surface area contributed by atoms with Gasteiger partial charge in [0.15, 0.2) is 5.78 Å². The Bertz CT molecular complexity index is 588. The number of hydrogen-bond acceptors (Lipinski definition) is 5. The largest absolute Gasteiger partial charge is 0.507 e. The molecule has 0 radical (unpaired) electrons. The number of halogens is 1. The lowest BCUT2D eigenvalue weighted by molar-refractivity contribution is 0.0702. The van der Waals surface area contributed by atoms with E-state index in [-0.39, 0.29) is 16.8 Å².